The molecule has 5 nitrogen and oxygen atoms in total. The van der Waals surface area contributed by atoms with Gasteiger partial charge in [-0.3, -0.25) is 9.69 Å². The third kappa shape index (κ3) is 3.69. The highest BCUT2D eigenvalue weighted by molar-refractivity contribution is 5.92. The van der Waals surface area contributed by atoms with Crippen LogP contribution in [0.25, 0.3) is 0 Å². The van der Waals surface area contributed by atoms with Gasteiger partial charge in [0.25, 0.3) is 5.91 Å². The van der Waals surface area contributed by atoms with Crippen molar-refractivity contribution in [2.45, 2.75) is 37.3 Å². The van der Waals surface area contributed by atoms with E-state index in [1.807, 2.05) is 17.0 Å². The largest absolute Gasteiger partial charge is 0.378 e. The zero-order valence-electron chi connectivity index (χ0n) is 16.8. The molecule has 2 saturated heterocycles. The number of rotatable bonds is 4. The predicted molar refractivity (Wildman–Crippen MR) is 109 cm³/mol. The van der Waals surface area contributed by atoms with E-state index in [2.05, 4.69) is 47.3 Å². The third-order valence-electron chi connectivity index (χ3n) is 6.50. The highest BCUT2D eigenvalue weighted by Crippen LogP contribution is 2.44. The van der Waals surface area contributed by atoms with Crippen molar-refractivity contribution in [3.8, 4) is 0 Å². The number of carbonyl (C=O) groups excluding carboxylic acids is 1. The van der Waals surface area contributed by atoms with Crippen molar-refractivity contribution in [3.63, 3.8) is 0 Å². The van der Waals surface area contributed by atoms with Crippen molar-refractivity contribution >= 4 is 5.91 Å². The van der Waals surface area contributed by atoms with Gasteiger partial charge in [-0.05, 0) is 49.9 Å². The number of pyridine rings is 1. The number of likely N-dealkylation sites (tertiary alicyclic amines) is 2. The van der Waals surface area contributed by atoms with Crippen LogP contribution in [0.1, 0.15) is 46.9 Å². The summed E-state index contributed by atoms with van der Waals surface area (Å²) in [5.41, 5.74) is 2.96. The van der Waals surface area contributed by atoms with Crippen molar-refractivity contribution in [2.24, 2.45) is 0 Å². The predicted octanol–water partition coefficient (Wildman–Crippen LogP) is 3.32. The summed E-state index contributed by atoms with van der Waals surface area (Å²) < 4.78 is 5.14. The van der Waals surface area contributed by atoms with Gasteiger partial charge in [0.2, 0.25) is 0 Å². The van der Waals surface area contributed by atoms with E-state index in [4.69, 9.17) is 4.74 Å². The second-order valence-corrected chi connectivity index (χ2v) is 8.16. The summed E-state index contributed by atoms with van der Waals surface area (Å²) in [6.07, 6.45) is 3.23. The molecule has 0 saturated carbocycles. The molecule has 1 aromatic carbocycles. The van der Waals surface area contributed by atoms with Crippen LogP contribution in [-0.2, 0) is 11.3 Å². The smallest absolute Gasteiger partial charge is 0.272 e. The van der Waals surface area contributed by atoms with Crippen molar-refractivity contribution in [2.75, 3.05) is 33.8 Å². The van der Waals surface area contributed by atoms with E-state index in [0.29, 0.717) is 18.2 Å². The maximum Gasteiger partial charge on any atom is 0.272 e. The van der Waals surface area contributed by atoms with E-state index in [1.165, 1.54) is 12.0 Å². The molecule has 4 rings (SSSR count). The van der Waals surface area contributed by atoms with Gasteiger partial charge < -0.3 is 9.64 Å². The number of ether oxygens (including phenoxy) is 1. The van der Waals surface area contributed by atoms with Gasteiger partial charge in [0, 0.05) is 32.3 Å². The Morgan fingerprint density at radius 2 is 1.89 bits per heavy atom. The van der Waals surface area contributed by atoms with Gasteiger partial charge in [-0.2, -0.15) is 0 Å². The molecule has 0 bridgehead atoms. The number of hydrogen-bond donors (Lipinski definition) is 0. The summed E-state index contributed by atoms with van der Waals surface area (Å²) in [5.74, 6) is 0.619. The fourth-order valence-corrected chi connectivity index (χ4v) is 4.85. The van der Waals surface area contributed by atoms with Gasteiger partial charge in [-0.1, -0.05) is 36.4 Å². The minimum Gasteiger partial charge on any atom is -0.378 e. The fraction of sp³-hybridized carbons (Fsp3) is 0.478. The average molecular weight is 380 g/mol. The van der Waals surface area contributed by atoms with Crippen LogP contribution >= 0.6 is 0 Å². The quantitative estimate of drug-likeness (QED) is 0.818. The Labute approximate surface area is 167 Å². The van der Waals surface area contributed by atoms with Crippen molar-refractivity contribution in [3.05, 3.63) is 65.5 Å². The van der Waals surface area contributed by atoms with Crippen LogP contribution in [0.2, 0.25) is 0 Å². The van der Waals surface area contributed by atoms with Gasteiger partial charge in [-0.15, -0.1) is 0 Å². The zero-order valence-corrected chi connectivity index (χ0v) is 16.8. The number of piperidine rings is 1. The van der Waals surface area contributed by atoms with Gasteiger partial charge >= 0.3 is 0 Å². The maximum atomic E-state index is 12.9. The molecule has 2 aliphatic heterocycles. The fourth-order valence-electron chi connectivity index (χ4n) is 4.85. The standard InChI is InChI=1S/C23H29N3O2/c1-25-16-19(18-7-4-3-5-8-18)15-23(25)11-13-26(14-12-23)22(27)21-10-6-9-20(24-21)17-28-2/h3-10,19H,11-17H2,1-2H3. The number of methoxy groups -OCH3 is 1. The van der Waals surface area contributed by atoms with Crippen LogP contribution in [0, 0.1) is 0 Å². The number of benzene rings is 1. The Morgan fingerprint density at radius 1 is 1.14 bits per heavy atom. The van der Waals surface area contributed by atoms with Crippen molar-refractivity contribution in [1.82, 2.24) is 14.8 Å². The first kappa shape index (κ1) is 19.1. The van der Waals surface area contributed by atoms with Crippen LogP contribution in [0.5, 0.6) is 0 Å². The molecular formula is C23H29N3O2. The highest BCUT2D eigenvalue weighted by Gasteiger charge is 2.46. The van der Waals surface area contributed by atoms with Gasteiger partial charge in [-0.25, -0.2) is 4.98 Å². The number of amides is 1. The summed E-state index contributed by atoms with van der Waals surface area (Å²) in [6.45, 7) is 3.11. The highest BCUT2D eigenvalue weighted by atomic mass is 16.5. The third-order valence-corrected chi connectivity index (χ3v) is 6.50. The van der Waals surface area contributed by atoms with Gasteiger partial charge in [0.15, 0.2) is 0 Å². The monoisotopic (exact) mass is 379 g/mol. The SMILES string of the molecule is COCc1cccc(C(=O)N2CCC3(CC2)CC(c2ccccc2)CN3C)n1. The van der Waals surface area contributed by atoms with E-state index >= 15 is 0 Å². The van der Waals surface area contributed by atoms with Crippen LogP contribution in [0.3, 0.4) is 0 Å². The lowest BCUT2D eigenvalue weighted by Gasteiger charge is -2.43. The number of carbonyl (C=O) groups is 1. The van der Waals surface area contributed by atoms with Crippen molar-refractivity contribution < 1.29 is 9.53 Å². The molecule has 0 aliphatic carbocycles. The van der Waals surface area contributed by atoms with Crippen molar-refractivity contribution in [1.29, 1.82) is 0 Å². The lowest BCUT2D eigenvalue weighted by atomic mass is 9.81. The number of nitrogens with zero attached hydrogens (tertiary/aromatic N) is 3. The second kappa shape index (κ2) is 8.02. The van der Waals surface area contributed by atoms with Crippen LogP contribution in [0.15, 0.2) is 48.5 Å². The van der Waals surface area contributed by atoms with E-state index in [-0.39, 0.29) is 11.4 Å². The Kier molecular flexibility index (Phi) is 5.47. The van der Waals surface area contributed by atoms with Crippen LogP contribution < -0.4 is 0 Å². The molecule has 0 N–H and O–H groups in total. The molecule has 1 atom stereocenters. The molecular weight excluding hydrogens is 350 g/mol. The lowest BCUT2D eigenvalue weighted by molar-refractivity contribution is 0.0487. The first-order valence-electron chi connectivity index (χ1n) is 10.1. The Balaban J connectivity index is 1.41. The second-order valence-electron chi connectivity index (χ2n) is 8.16. The molecule has 1 unspecified atom stereocenters. The average Bonchev–Trinajstić information content (AvgIpc) is 3.05. The Bertz CT molecular complexity index is 816. The minimum atomic E-state index is 0.0352. The molecule has 2 aliphatic rings. The maximum absolute atomic E-state index is 12.9. The Hall–Kier alpha value is -2.24. The first-order chi connectivity index (χ1) is 13.6. The Morgan fingerprint density at radius 3 is 2.61 bits per heavy atom. The minimum absolute atomic E-state index is 0.0352. The molecule has 1 spiro atoms. The number of hydrogen-bond acceptors (Lipinski definition) is 4. The normalized spacial score (nSPS) is 21.9. The molecule has 5 heteroatoms. The molecule has 1 amide bonds. The van der Waals surface area contributed by atoms with Crippen LogP contribution in [0.4, 0.5) is 0 Å². The first-order valence-corrected chi connectivity index (χ1v) is 10.1. The van der Waals surface area contributed by atoms with E-state index in [1.54, 1.807) is 13.2 Å². The van der Waals surface area contributed by atoms with E-state index < -0.39 is 0 Å². The molecule has 28 heavy (non-hydrogen) atoms. The number of likely N-dealkylation sites (N-methyl/N-ethyl adjacent to an activating group) is 1. The zero-order chi connectivity index (χ0) is 19.6. The summed E-state index contributed by atoms with van der Waals surface area (Å²) >= 11 is 0. The summed E-state index contributed by atoms with van der Waals surface area (Å²) in [7, 11) is 3.89. The summed E-state index contributed by atoms with van der Waals surface area (Å²) in [6, 6.07) is 16.4. The van der Waals surface area contributed by atoms with Gasteiger partial charge in [0.1, 0.15) is 5.69 Å². The molecule has 1 aromatic heterocycles. The summed E-state index contributed by atoms with van der Waals surface area (Å²) in [5, 5.41) is 0. The lowest BCUT2D eigenvalue weighted by Crippen LogP contribution is -2.52. The van der Waals surface area contributed by atoms with Crippen LogP contribution in [-0.4, -0.2) is 60.0 Å². The number of aromatic nitrogens is 1. The molecule has 148 valence electrons. The molecule has 2 aromatic rings. The van der Waals surface area contributed by atoms with E-state index in [0.717, 1.165) is 38.2 Å². The molecule has 3 heterocycles. The molecule has 0 radical (unpaired) electrons. The summed E-state index contributed by atoms with van der Waals surface area (Å²) in [4.78, 5) is 21.9. The van der Waals surface area contributed by atoms with E-state index in [9.17, 15) is 4.79 Å². The topological polar surface area (TPSA) is 45.7 Å². The van der Waals surface area contributed by atoms with Gasteiger partial charge in [0.05, 0.1) is 12.3 Å². The molecule has 2 fully saturated rings.